The van der Waals surface area contributed by atoms with E-state index >= 15 is 0 Å². The summed E-state index contributed by atoms with van der Waals surface area (Å²) in [5, 5.41) is 9.56. The van der Waals surface area contributed by atoms with Gasteiger partial charge in [-0.3, -0.25) is 0 Å². The molecule has 0 atom stereocenters. The number of hydrogen-bond acceptors (Lipinski definition) is 3. The van der Waals surface area contributed by atoms with Crippen LogP contribution in [0, 0.1) is 0 Å². The van der Waals surface area contributed by atoms with Crippen LogP contribution in [0.3, 0.4) is 0 Å². The zero-order valence-electron chi connectivity index (χ0n) is 7.96. The second kappa shape index (κ2) is 4.12. The molecule has 0 radical (unpaired) electrons. The monoisotopic (exact) mass is 182 g/mol. The number of rotatable bonds is 1. The van der Waals surface area contributed by atoms with E-state index in [1.807, 2.05) is 13.0 Å². The highest BCUT2D eigenvalue weighted by molar-refractivity contribution is 5.93. The summed E-state index contributed by atoms with van der Waals surface area (Å²) in [6.07, 6.45) is 4.29. The molecule has 0 aliphatic heterocycles. The van der Waals surface area contributed by atoms with Gasteiger partial charge in [0, 0.05) is 6.42 Å². The highest BCUT2D eigenvalue weighted by Crippen LogP contribution is 2.23. The van der Waals surface area contributed by atoms with Crippen LogP contribution in [-0.2, 0) is 9.53 Å². The highest BCUT2D eigenvalue weighted by atomic mass is 16.5. The molecule has 1 N–H and O–H groups in total. The lowest BCUT2D eigenvalue weighted by Crippen LogP contribution is -2.08. The summed E-state index contributed by atoms with van der Waals surface area (Å²) >= 11 is 0. The van der Waals surface area contributed by atoms with E-state index in [0.29, 0.717) is 12.0 Å². The summed E-state index contributed by atoms with van der Waals surface area (Å²) in [5.74, 6) is -0.300. The maximum absolute atomic E-state index is 11.3. The van der Waals surface area contributed by atoms with Crippen molar-refractivity contribution < 1.29 is 14.6 Å². The minimum absolute atomic E-state index is 0.151. The molecule has 0 fully saturated rings. The first kappa shape index (κ1) is 9.84. The molecule has 3 nitrogen and oxygen atoms in total. The Hall–Kier alpha value is -1.25. The third kappa shape index (κ3) is 2.11. The lowest BCUT2D eigenvalue weighted by molar-refractivity contribution is -0.136. The third-order valence-electron chi connectivity index (χ3n) is 2.14. The Morgan fingerprint density at radius 2 is 2.31 bits per heavy atom. The quantitative estimate of drug-likeness (QED) is 0.632. The zero-order valence-corrected chi connectivity index (χ0v) is 7.96. The summed E-state index contributed by atoms with van der Waals surface area (Å²) in [6.45, 7) is 1.81. The van der Waals surface area contributed by atoms with E-state index in [4.69, 9.17) is 0 Å². The van der Waals surface area contributed by atoms with Crippen LogP contribution in [0.2, 0.25) is 0 Å². The van der Waals surface area contributed by atoms with Crippen molar-refractivity contribution in [3.8, 4) is 0 Å². The van der Waals surface area contributed by atoms with Gasteiger partial charge >= 0.3 is 5.97 Å². The Kier molecular flexibility index (Phi) is 3.12. The second-order valence-corrected chi connectivity index (χ2v) is 3.09. The van der Waals surface area contributed by atoms with Crippen molar-refractivity contribution in [2.45, 2.75) is 26.2 Å². The molecule has 0 heterocycles. The molecule has 0 aromatic carbocycles. The lowest BCUT2D eigenvalue weighted by Gasteiger charge is -2.06. The van der Waals surface area contributed by atoms with Gasteiger partial charge in [0.2, 0.25) is 0 Å². The van der Waals surface area contributed by atoms with Gasteiger partial charge in [0.05, 0.1) is 12.7 Å². The number of aliphatic hydroxyl groups is 1. The number of carbonyl (C=O) groups excluding carboxylic acids is 1. The Morgan fingerprint density at radius 3 is 2.92 bits per heavy atom. The van der Waals surface area contributed by atoms with Gasteiger partial charge < -0.3 is 9.84 Å². The van der Waals surface area contributed by atoms with Gasteiger partial charge in [0.25, 0.3) is 0 Å². The molecular formula is C10H14O3. The van der Waals surface area contributed by atoms with E-state index in [0.717, 1.165) is 18.4 Å². The summed E-state index contributed by atoms with van der Waals surface area (Å²) in [6, 6.07) is 0. The topological polar surface area (TPSA) is 46.5 Å². The number of carbonyl (C=O) groups is 1. The standard InChI is InChI=1S/C10H14O3/c1-7-5-3-4-6-8(11)9(7)10(12)13-2/h5,11H,3-4,6H2,1-2H3. The SMILES string of the molecule is COC(=O)C1=C(O)CCCC=C1C. The number of methoxy groups -OCH3 is 1. The fourth-order valence-corrected chi connectivity index (χ4v) is 1.42. The van der Waals surface area contributed by atoms with Crippen LogP contribution in [0.4, 0.5) is 0 Å². The summed E-state index contributed by atoms with van der Waals surface area (Å²) in [7, 11) is 1.32. The number of ether oxygens (including phenoxy) is 1. The van der Waals surface area contributed by atoms with Gasteiger partial charge in [-0.05, 0) is 25.3 Å². The maximum atomic E-state index is 11.3. The van der Waals surface area contributed by atoms with E-state index in [2.05, 4.69) is 4.74 Å². The molecule has 13 heavy (non-hydrogen) atoms. The average molecular weight is 182 g/mol. The summed E-state index contributed by atoms with van der Waals surface area (Å²) in [4.78, 5) is 11.3. The van der Waals surface area contributed by atoms with E-state index in [1.54, 1.807) is 0 Å². The molecule has 0 aromatic heterocycles. The molecule has 72 valence electrons. The Labute approximate surface area is 77.7 Å². The van der Waals surface area contributed by atoms with Gasteiger partial charge in [-0.25, -0.2) is 4.79 Å². The van der Waals surface area contributed by atoms with Crippen LogP contribution < -0.4 is 0 Å². The van der Waals surface area contributed by atoms with Crippen molar-refractivity contribution in [1.29, 1.82) is 0 Å². The van der Waals surface area contributed by atoms with Crippen molar-refractivity contribution >= 4 is 5.97 Å². The molecule has 0 saturated carbocycles. The van der Waals surface area contributed by atoms with Gasteiger partial charge in [-0.2, -0.15) is 0 Å². The van der Waals surface area contributed by atoms with Crippen molar-refractivity contribution in [1.82, 2.24) is 0 Å². The van der Waals surface area contributed by atoms with Crippen LogP contribution >= 0.6 is 0 Å². The van der Waals surface area contributed by atoms with Crippen LogP contribution in [0.15, 0.2) is 23.0 Å². The van der Waals surface area contributed by atoms with E-state index < -0.39 is 5.97 Å². The number of hydrogen-bond donors (Lipinski definition) is 1. The van der Waals surface area contributed by atoms with Crippen LogP contribution in [0.1, 0.15) is 26.2 Å². The van der Waals surface area contributed by atoms with Gasteiger partial charge in [0.15, 0.2) is 0 Å². The van der Waals surface area contributed by atoms with Gasteiger partial charge in [-0.1, -0.05) is 6.08 Å². The van der Waals surface area contributed by atoms with Crippen LogP contribution in [0.5, 0.6) is 0 Å². The smallest absolute Gasteiger partial charge is 0.341 e. The molecule has 0 saturated heterocycles. The Morgan fingerprint density at radius 1 is 1.62 bits per heavy atom. The second-order valence-electron chi connectivity index (χ2n) is 3.09. The normalized spacial score (nSPS) is 17.8. The molecule has 1 aliphatic rings. The first-order valence-electron chi connectivity index (χ1n) is 4.34. The van der Waals surface area contributed by atoms with Crippen LogP contribution in [-0.4, -0.2) is 18.2 Å². The van der Waals surface area contributed by atoms with Crippen molar-refractivity contribution in [3.63, 3.8) is 0 Å². The largest absolute Gasteiger partial charge is 0.511 e. The number of allylic oxidation sites excluding steroid dienone is 2. The number of aliphatic hydroxyl groups excluding tert-OH is 1. The molecule has 3 heteroatoms. The minimum Gasteiger partial charge on any atom is -0.511 e. The Balaban J connectivity index is 3.03. The lowest BCUT2D eigenvalue weighted by atomic mass is 10.1. The molecule has 0 unspecified atom stereocenters. The molecule has 0 spiro atoms. The fraction of sp³-hybridized carbons (Fsp3) is 0.500. The molecular weight excluding hydrogens is 168 g/mol. The van der Waals surface area contributed by atoms with Crippen molar-refractivity contribution in [3.05, 3.63) is 23.0 Å². The first-order chi connectivity index (χ1) is 6.16. The van der Waals surface area contributed by atoms with E-state index in [9.17, 15) is 9.90 Å². The van der Waals surface area contributed by atoms with E-state index in [-0.39, 0.29) is 5.76 Å². The molecule has 1 rings (SSSR count). The predicted octanol–water partition coefficient (Wildman–Crippen LogP) is 2.10. The molecule has 0 amide bonds. The summed E-state index contributed by atoms with van der Waals surface area (Å²) in [5.41, 5.74) is 1.14. The van der Waals surface area contributed by atoms with Gasteiger partial charge in [0.1, 0.15) is 5.76 Å². The third-order valence-corrected chi connectivity index (χ3v) is 2.14. The molecule has 0 bridgehead atoms. The van der Waals surface area contributed by atoms with Crippen LogP contribution in [0.25, 0.3) is 0 Å². The highest BCUT2D eigenvalue weighted by Gasteiger charge is 2.18. The zero-order chi connectivity index (χ0) is 9.84. The minimum atomic E-state index is -0.451. The number of esters is 1. The van der Waals surface area contributed by atoms with E-state index in [1.165, 1.54) is 7.11 Å². The predicted molar refractivity (Wildman–Crippen MR) is 49.3 cm³/mol. The van der Waals surface area contributed by atoms with Crippen molar-refractivity contribution in [2.75, 3.05) is 7.11 Å². The maximum Gasteiger partial charge on any atom is 0.341 e. The summed E-state index contributed by atoms with van der Waals surface area (Å²) < 4.78 is 4.59. The van der Waals surface area contributed by atoms with Crippen molar-refractivity contribution in [2.24, 2.45) is 0 Å². The fourth-order valence-electron chi connectivity index (χ4n) is 1.42. The average Bonchev–Trinajstić information content (AvgIpc) is 2.27. The first-order valence-corrected chi connectivity index (χ1v) is 4.34. The molecule has 0 aromatic rings. The van der Waals surface area contributed by atoms with Gasteiger partial charge in [-0.15, -0.1) is 0 Å². The Bertz CT molecular complexity index is 274. The molecule has 1 aliphatic carbocycles.